The number of anilines is 1. The molecule has 9 nitrogen and oxygen atoms in total. The van der Waals surface area contributed by atoms with Gasteiger partial charge in [-0.25, -0.2) is 4.79 Å². The molecule has 2 amide bonds. The number of rotatable bonds is 12. The first-order chi connectivity index (χ1) is 17.6. The monoisotopic (exact) mass is 506 g/mol. The van der Waals surface area contributed by atoms with Crippen molar-refractivity contribution in [2.75, 3.05) is 12.4 Å². The van der Waals surface area contributed by atoms with Gasteiger partial charge in [-0.2, -0.15) is 0 Å². The quantitative estimate of drug-likeness (QED) is 0.297. The number of carboxylic acid groups (broad SMARTS) is 1. The lowest BCUT2D eigenvalue weighted by molar-refractivity contribution is -0.139. The Morgan fingerprint density at radius 1 is 1.05 bits per heavy atom. The molecule has 0 saturated heterocycles. The number of aromatic nitrogens is 1. The highest BCUT2D eigenvalue weighted by Gasteiger charge is 2.28. The molecule has 1 unspecified atom stereocenters. The fourth-order valence-corrected chi connectivity index (χ4v) is 3.87. The molecule has 0 fully saturated rings. The molecule has 2 atom stereocenters. The lowest BCUT2D eigenvalue weighted by Gasteiger charge is -2.24. The van der Waals surface area contributed by atoms with Crippen LogP contribution in [0.2, 0.25) is 0 Å². The van der Waals surface area contributed by atoms with Crippen LogP contribution in [0.25, 0.3) is 0 Å². The number of carbonyl (C=O) groups is 3. The highest BCUT2D eigenvalue weighted by atomic mass is 16.5. The molecule has 37 heavy (non-hydrogen) atoms. The van der Waals surface area contributed by atoms with Gasteiger partial charge in [-0.05, 0) is 62.4 Å². The average Bonchev–Trinajstić information content (AvgIpc) is 3.31. The zero-order valence-electron chi connectivity index (χ0n) is 21.3. The van der Waals surface area contributed by atoms with Gasteiger partial charge in [0, 0.05) is 12.4 Å². The summed E-state index contributed by atoms with van der Waals surface area (Å²) in [5.41, 5.74) is 6.89. The van der Waals surface area contributed by atoms with Gasteiger partial charge in [0.15, 0.2) is 6.04 Å². The van der Waals surface area contributed by atoms with E-state index in [1.54, 1.807) is 56.6 Å². The molecule has 5 N–H and O–H groups in total. The van der Waals surface area contributed by atoms with Crippen LogP contribution in [0.15, 0.2) is 73.1 Å². The Kier molecular flexibility index (Phi) is 9.08. The van der Waals surface area contributed by atoms with Crippen LogP contribution in [0, 0.1) is 0 Å². The van der Waals surface area contributed by atoms with Gasteiger partial charge in [-0.3, -0.25) is 9.59 Å². The average molecular weight is 507 g/mol. The zero-order chi connectivity index (χ0) is 27.0. The Morgan fingerprint density at radius 2 is 1.73 bits per heavy atom. The van der Waals surface area contributed by atoms with Crippen molar-refractivity contribution in [3.05, 3.63) is 84.2 Å². The van der Waals surface area contributed by atoms with Gasteiger partial charge in [0.25, 0.3) is 0 Å². The third-order valence-corrected chi connectivity index (χ3v) is 5.95. The predicted molar refractivity (Wildman–Crippen MR) is 141 cm³/mol. The highest BCUT2D eigenvalue weighted by molar-refractivity contribution is 5.98. The van der Waals surface area contributed by atoms with Crippen LogP contribution < -0.4 is 21.1 Å². The SMILES string of the molecule is COc1ccc(C(C(=O)O)n2ccc(NC(=O)[C@@H](CCCc3ccccc3)NC(=O)C(C)(C)N)c2)cc1. The molecule has 0 radical (unpaired) electrons. The number of amides is 2. The van der Waals surface area contributed by atoms with Crippen LogP contribution in [0.1, 0.15) is 43.9 Å². The molecule has 9 heteroatoms. The van der Waals surface area contributed by atoms with Gasteiger partial charge in [0.2, 0.25) is 11.8 Å². The Hall–Kier alpha value is -4.11. The van der Waals surface area contributed by atoms with Gasteiger partial charge in [-0.1, -0.05) is 42.5 Å². The van der Waals surface area contributed by atoms with E-state index in [-0.39, 0.29) is 0 Å². The second-order valence-corrected chi connectivity index (χ2v) is 9.48. The Balaban J connectivity index is 1.73. The van der Waals surface area contributed by atoms with Gasteiger partial charge in [-0.15, -0.1) is 0 Å². The summed E-state index contributed by atoms with van der Waals surface area (Å²) in [5, 5.41) is 15.4. The van der Waals surface area contributed by atoms with E-state index in [9.17, 15) is 19.5 Å². The Morgan fingerprint density at radius 3 is 2.32 bits per heavy atom. The lowest BCUT2D eigenvalue weighted by Crippen LogP contribution is -2.54. The number of methoxy groups -OCH3 is 1. The van der Waals surface area contributed by atoms with E-state index >= 15 is 0 Å². The third-order valence-electron chi connectivity index (χ3n) is 5.95. The van der Waals surface area contributed by atoms with Crippen LogP contribution in [-0.2, 0) is 20.8 Å². The first kappa shape index (κ1) is 27.5. The lowest BCUT2D eigenvalue weighted by atomic mass is 10.0. The molecule has 196 valence electrons. The number of nitrogens with one attached hydrogen (secondary N) is 2. The molecular formula is C28H34N4O5. The summed E-state index contributed by atoms with van der Waals surface area (Å²) in [4.78, 5) is 37.8. The molecule has 3 rings (SSSR count). The van der Waals surface area contributed by atoms with Crippen LogP contribution >= 0.6 is 0 Å². The second-order valence-electron chi connectivity index (χ2n) is 9.48. The molecule has 0 saturated carbocycles. The fraction of sp³-hybridized carbons (Fsp3) is 0.321. The topological polar surface area (TPSA) is 136 Å². The number of aryl methyl sites for hydroxylation is 1. The summed E-state index contributed by atoms with van der Waals surface area (Å²) in [5.74, 6) is -1.26. The van der Waals surface area contributed by atoms with E-state index in [0.717, 1.165) is 12.0 Å². The Bertz CT molecular complexity index is 1200. The largest absolute Gasteiger partial charge is 0.497 e. The molecule has 1 aromatic heterocycles. The molecule has 2 aromatic carbocycles. The molecule has 0 aliphatic carbocycles. The van der Waals surface area contributed by atoms with E-state index in [1.165, 1.54) is 11.7 Å². The van der Waals surface area contributed by atoms with Crippen LogP contribution in [0.5, 0.6) is 5.75 Å². The summed E-state index contributed by atoms with van der Waals surface area (Å²) in [6, 6.07) is 16.5. The number of aliphatic carboxylic acids is 1. The van der Waals surface area contributed by atoms with E-state index < -0.39 is 35.4 Å². The zero-order valence-corrected chi connectivity index (χ0v) is 21.3. The molecule has 1 heterocycles. The predicted octanol–water partition coefficient (Wildman–Crippen LogP) is 3.35. The van der Waals surface area contributed by atoms with Crippen molar-refractivity contribution in [1.29, 1.82) is 0 Å². The fourth-order valence-electron chi connectivity index (χ4n) is 3.87. The maximum atomic E-state index is 13.2. The number of carbonyl (C=O) groups excluding carboxylic acids is 2. The highest BCUT2D eigenvalue weighted by Crippen LogP contribution is 2.24. The Labute approximate surface area is 216 Å². The first-order valence-electron chi connectivity index (χ1n) is 12.1. The molecule has 0 aliphatic rings. The second kappa shape index (κ2) is 12.2. The van der Waals surface area contributed by atoms with Crippen molar-refractivity contribution in [2.24, 2.45) is 5.73 Å². The number of carboxylic acids is 1. The van der Waals surface area contributed by atoms with Crippen molar-refractivity contribution in [3.63, 3.8) is 0 Å². The third kappa shape index (κ3) is 7.68. The van der Waals surface area contributed by atoms with Gasteiger partial charge in [0.1, 0.15) is 11.8 Å². The van der Waals surface area contributed by atoms with Gasteiger partial charge < -0.3 is 30.8 Å². The van der Waals surface area contributed by atoms with Gasteiger partial charge >= 0.3 is 5.97 Å². The normalized spacial score (nSPS) is 12.9. The minimum Gasteiger partial charge on any atom is -0.497 e. The number of nitrogens with two attached hydrogens (primary N) is 1. The van der Waals surface area contributed by atoms with Crippen molar-refractivity contribution < 1.29 is 24.2 Å². The summed E-state index contributed by atoms with van der Waals surface area (Å²) in [6.07, 6.45) is 4.98. The summed E-state index contributed by atoms with van der Waals surface area (Å²) < 4.78 is 6.65. The van der Waals surface area contributed by atoms with E-state index in [0.29, 0.717) is 29.8 Å². The van der Waals surface area contributed by atoms with E-state index in [1.807, 2.05) is 30.3 Å². The van der Waals surface area contributed by atoms with E-state index in [4.69, 9.17) is 10.5 Å². The number of benzene rings is 2. The maximum absolute atomic E-state index is 13.2. The van der Waals surface area contributed by atoms with Crippen molar-refractivity contribution >= 4 is 23.5 Å². The molecule has 0 bridgehead atoms. The van der Waals surface area contributed by atoms with Crippen LogP contribution in [0.4, 0.5) is 5.69 Å². The van der Waals surface area contributed by atoms with Crippen molar-refractivity contribution in [3.8, 4) is 5.75 Å². The van der Waals surface area contributed by atoms with E-state index in [2.05, 4.69) is 10.6 Å². The van der Waals surface area contributed by atoms with Crippen molar-refractivity contribution in [2.45, 2.75) is 50.7 Å². The number of hydrogen-bond donors (Lipinski definition) is 4. The summed E-state index contributed by atoms with van der Waals surface area (Å²) >= 11 is 0. The summed E-state index contributed by atoms with van der Waals surface area (Å²) in [7, 11) is 1.54. The van der Waals surface area contributed by atoms with Crippen molar-refractivity contribution in [1.82, 2.24) is 9.88 Å². The number of nitrogens with zero attached hydrogens (tertiary/aromatic N) is 1. The number of hydrogen-bond acceptors (Lipinski definition) is 5. The van der Waals surface area contributed by atoms with Crippen LogP contribution in [-0.4, -0.2) is 46.1 Å². The summed E-state index contributed by atoms with van der Waals surface area (Å²) in [6.45, 7) is 3.15. The first-order valence-corrected chi connectivity index (χ1v) is 12.1. The van der Waals surface area contributed by atoms with Crippen LogP contribution in [0.3, 0.4) is 0 Å². The standard InChI is InChI=1S/C28H34N4O5/c1-28(2,29)27(36)31-23(11-7-10-19-8-5-4-6-9-19)25(33)30-21-16-17-32(18-21)24(26(34)35)20-12-14-22(37-3)15-13-20/h4-6,8-9,12-18,23-24H,7,10-11,29H2,1-3H3,(H,30,33)(H,31,36)(H,34,35)/t23-,24?/m1/s1. The minimum atomic E-state index is -1.14. The van der Waals surface area contributed by atoms with Gasteiger partial charge in [0.05, 0.1) is 18.3 Å². The molecule has 0 aliphatic heterocycles. The molecule has 3 aromatic rings. The molecule has 0 spiro atoms. The smallest absolute Gasteiger partial charge is 0.331 e. The maximum Gasteiger partial charge on any atom is 0.331 e. The minimum absolute atomic E-state index is 0.403. The number of ether oxygens (including phenoxy) is 1. The molecular weight excluding hydrogens is 472 g/mol.